The number of nitrogens with zero attached hydrogens (tertiary/aromatic N) is 3. The van der Waals surface area contributed by atoms with Gasteiger partial charge in [-0.1, -0.05) is 41.9 Å². The standard InChI is InChI=1S/C26H18ClN3O2S/c1-15-9-22-25(24(21(15)11-23(31)32)16-5-7-20(27)8-6-16)33-26(30-22)18-4-2-3-17(10-18)19-12-28-14-29-13-19/h2-10,12-14H,11H2,1H3,(H,31,32). The summed E-state index contributed by atoms with van der Waals surface area (Å²) in [5.74, 6) is -0.866. The van der Waals surface area contributed by atoms with Crippen LogP contribution < -0.4 is 0 Å². The molecular weight excluding hydrogens is 454 g/mol. The Bertz CT molecular complexity index is 1480. The molecule has 5 aromatic rings. The van der Waals surface area contributed by atoms with E-state index in [1.54, 1.807) is 23.7 Å². The summed E-state index contributed by atoms with van der Waals surface area (Å²) in [4.78, 5) is 24.8. The van der Waals surface area contributed by atoms with Crippen LogP contribution in [-0.4, -0.2) is 26.0 Å². The van der Waals surface area contributed by atoms with Gasteiger partial charge in [-0.15, -0.1) is 11.3 Å². The minimum atomic E-state index is -0.866. The zero-order valence-corrected chi connectivity index (χ0v) is 19.2. The predicted molar refractivity (Wildman–Crippen MR) is 133 cm³/mol. The van der Waals surface area contributed by atoms with Gasteiger partial charge < -0.3 is 5.11 Å². The first-order valence-electron chi connectivity index (χ1n) is 10.3. The van der Waals surface area contributed by atoms with Gasteiger partial charge in [0.1, 0.15) is 11.3 Å². The number of aromatic nitrogens is 3. The Balaban J connectivity index is 1.70. The first-order chi connectivity index (χ1) is 16.0. The van der Waals surface area contributed by atoms with Crippen molar-refractivity contribution in [2.45, 2.75) is 13.3 Å². The van der Waals surface area contributed by atoms with Gasteiger partial charge in [0, 0.05) is 34.1 Å². The number of rotatable bonds is 5. The highest BCUT2D eigenvalue weighted by Gasteiger charge is 2.19. The fraction of sp³-hybridized carbons (Fsp3) is 0.0769. The largest absolute Gasteiger partial charge is 0.481 e. The summed E-state index contributed by atoms with van der Waals surface area (Å²) in [6.45, 7) is 1.94. The highest BCUT2D eigenvalue weighted by Crippen LogP contribution is 2.41. The van der Waals surface area contributed by atoms with E-state index in [1.165, 1.54) is 6.33 Å². The van der Waals surface area contributed by atoms with Crippen LogP contribution in [0.3, 0.4) is 0 Å². The van der Waals surface area contributed by atoms with Crippen molar-refractivity contribution in [3.05, 3.63) is 89.5 Å². The molecule has 0 radical (unpaired) electrons. The van der Waals surface area contributed by atoms with Gasteiger partial charge in [-0.05, 0) is 53.4 Å². The van der Waals surface area contributed by atoms with Crippen LogP contribution in [0.1, 0.15) is 11.1 Å². The van der Waals surface area contributed by atoms with Crippen molar-refractivity contribution in [1.82, 2.24) is 15.0 Å². The number of halogens is 1. The number of fused-ring (bicyclic) bond motifs is 1. The van der Waals surface area contributed by atoms with E-state index in [1.807, 2.05) is 55.5 Å². The molecule has 5 nitrogen and oxygen atoms in total. The highest BCUT2D eigenvalue weighted by molar-refractivity contribution is 7.22. The number of aliphatic carboxylic acids is 1. The van der Waals surface area contributed by atoms with Crippen LogP contribution in [-0.2, 0) is 11.2 Å². The van der Waals surface area contributed by atoms with Gasteiger partial charge in [0.2, 0.25) is 0 Å². The lowest BCUT2D eigenvalue weighted by Crippen LogP contribution is -2.04. The van der Waals surface area contributed by atoms with Crippen molar-refractivity contribution in [3.63, 3.8) is 0 Å². The third-order valence-electron chi connectivity index (χ3n) is 5.48. The number of carboxylic acid groups (broad SMARTS) is 1. The molecule has 33 heavy (non-hydrogen) atoms. The van der Waals surface area contributed by atoms with Crippen LogP contribution in [0, 0.1) is 6.92 Å². The monoisotopic (exact) mass is 471 g/mol. The minimum Gasteiger partial charge on any atom is -0.481 e. The van der Waals surface area contributed by atoms with E-state index in [4.69, 9.17) is 16.6 Å². The Morgan fingerprint density at radius 3 is 2.42 bits per heavy atom. The molecule has 0 bridgehead atoms. The molecule has 0 unspecified atom stereocenters. The molecule has 0 fully saturated rings. The van der Waals surface area contributed by atoms with Crippen molar-refractivity contribution in [3.8, 4) is 32.8 Å². The van der Waals surface area contributed by atoms with Crippen molar-refractivity contribution in [1.29, 1.82) is 0 Å². The molecule has 2 heterocycles. The molecule has 0 saturated heterocycles. The highest BCUT2D eigenvalue weighted by atomic mass is 35.5. The first kappa shape index (κ1) is 21.2. The third-order valence-corrected chi connectivity index (χ3v) is 6.87. The molecule has 3 aromatic carbocycles. The van der Waals surface area contributed by atoms with Crippen molar-refractivity contribution in [2.24, 2.45) is 0 Å². The second kappa shape index (κ2) is 8.73. The summed E-state index contributed by atoms with van der Waals surface area (Å²) < 4.78 is 0.961. The summed E-state index contributed by atoms with van der Waals surface area (Å²) in [6, 6.07) is 17.6. The van der Waals surface area contributed by atoms with E-state index >= 15 is 0 Å². The summed E-state index contributed by atoms with van der Waals surface area (Å²) in [5, 5.41) is 11.1. The lowest BCUT2D eigenvalue weighted by Gasteiger charge is -2.13. The molecule has 7 heteroatoms. The second-order valence-electron chi connectivity index (χ2n) is 7.70. The molecule has 5 rings (SSSR count). The van der Waals surface area contributed by atoms with Gasteiger partial charge >= 0.3 is 5.97 Å². The molecule has 0 aliphatic carbocycles. The molecular formula is C26H18ClN3O2S. The Kier molecular flexibility index (Phi) is 5.62. The lowest BCUT2D eigenvalue weighted by atomic mass is 9.93. The number of benzene rings is 3. The van der Waals surface area contributed by atoms with Crippen LogP contribution in [0.2, 0.25) is 5.02 Å². The van der Waals surface area contributed by atoms with Crippen LogP contribution in [0.15, 0.2) is 73.3 Å². The van der Waals surface area contributed by atoms with Crippen LogP contribution in [0.4, 0.5) is 0 Å². The van der Waals surface area contributed by atoms with Crippen molar-refractivity contribution >= 4 is 39.1 Å². The Morgan fingerprint density at radius 2 is 1.70 bits per heavy atom. The fourth-order valence-electron chi connectivity index (χ4n) is 3.94. The Morgan fingerprint density at radius 1 is 0.970 bits per heavy atom. The average Bonchev–Trinajstić information content (AvgIpc) is 3.24. The smallest absolute Gasteiger partial charge is 0.307 e. The van der Waals surface area contributed by atoms with Gasteiger partial charge in [-0.25, -0.2) is 15.0 Å². The van der Waals surface area contributed by atoms with Gasteiger partial charge in [-0.2, -0.15) is 0 Å². The SMILES string of the molecule is Cc1cc2nc(-c3cccc(-c4cncnc4)c3)sc2c(-c2ccc(Cl)cc2)c1CC(=O)O. The quantitative estimate of drug-likeness (QED) is 0.309. The van der Waals surface area contributed by atoms with Gasteiger partial charge in [0.05, 0.1) is 16.6 Å². The summed E-state index contributed by atoms with van der Waals surface area (Å²) in [5.41, 5.74) is 7.30. The molecule has 2 aromatic heterocycles. The zero-order valence-electron chi connectivity index (χ0n) is 17.6. The normalized spacial score (nSPS) is 11.1. The molecule has 0 aliphatic rings. The minimum absolute atomic E-state index is 0.0591. The van der Waals surface area contributed by atoms with E-state index < -0.39 is 5.97 Å². The Hall–Kier alpha value is -3.61. The third kappa shape index (κ3) is 4.23. The topological polar surface area (TPSA) is 76.0 Å². The molecule has 0 saturated carbocycles. The zero-order chi connectivity index (χ0) is 22.9. The number of carbonyl (C=O) groups is 1. The number of thiazole rings is 1. The van der Waals surface area contributed by atoms with Crippen molar-refractivity contribution < 1.29 is 9.90 Å². The van der Waals surface area contributed by atoms with E-state index in [0.717, 1.165) is 54.2 Å². The molecule has 162 valence electrons. The van der Waals surface area contributed by atoms with E-state index in [2.05, 4.69) is 16.0 Å². The first-order valence-corrected chi connectivity index (χ1v) is 11.5. The molecule has 0 amide bonds. The summed E-state index contributed by atoms with van der Waals surface area (Å²) in [7, 11) is 0. The number of aryl methyl sites for hydroxylation is 1. The number of carboxylic acids is 1. The molecule has 0 aliphatic heterocycles. The maximum Gasteiger partial charge on any atom is 0.307 e. The molecule has 1 N–H and O–H groups in total. The van der Waals surface area contributed by atoms with Crippen molar-refractivity contribution in [2.75, 3.05) is 0 Å². The Labute approximate surface area is 199 Å². The maximum absolute atomic E-state index is 11.7. The van der Waals surface area contributed by atoms with Gasteiger partial charge in [-0.3, -0.25) is 4.79 Å². The molecule has 0 spiro atoms. The fourth-order valence-corrected chi connectivity index (χ4v) is 5.20. The second-order valence-corrected chi connectivity index (χ2v) is 9.14. The summed E-state index contributed by atoms with van der Waals surface area (Å²) >= 11 is 7.67. The number of hydrogen-bond acceptors (Lipinski definition) is 5. The lowest BCUT2D eigenvalue weighted by molar-refractivity contribution is -0.136. The predicted octanol–water partition coefficient (Wildman–Crippen LogP) is 6.68. The van der Waals surface area contributed by atoms with Crippen LogP contribution >= 0.6 is 22.9 Å². The van der Waals surface area contributed by atoms with E-state index in [9.17, 15) is 9.90 Å². The molecule has 0 atom stereocenters. The van der Waals surface area contributed by atoms with Crippen LogP contribution in [0.25, 0.3) is 43.0 Å². The number of hydrogen-bond donors (Lipinski definition) is 1. The summed E-state index contributed by atoms with van der Waals surface area (Å²) in [6.07, 6.45) is 5.02. The maximum atomic E-state index is 11.7. The van der Waals surface area contributed by atoms with Gasteiger partial charge in [0.25, 0.3) is 0 Å². The van der Waals surface area contributed by atoms with E-state index in [-0.39, 0.29) is 6.42 Å². The van der Waals surface area contributed by atoms with E-state index in [0.29, 0.717) is 5.02 Å². The van der Waals surface area contributed by atoms with Crippen LogP contribution in [0.5, 0.6) is 0 Å². The van der Waals surface area contributed by atoms with Gasteiger partial charge in [0.15, 0.2) is 0 Å². The average molecular weight is 472 g/mol.